The molecule has 0 radical (unpaired) electrons. The number of carbonyl (C=O) groups is 1. The molecule has 2 N–H and O–H groups in total. The number of hydrogen-bond acceptors (Lipinski definition) is 2. The molecule has 1 aromatic heterocycles. The van der Waals surface area contributed by atoms with Crippen LogP contribution in [0.15, 0.2) is 72.8 Å². The number of para-hydroxylation sites is 2. The van der Waals surface area contributed by atoms with Crippen LogP contribution in [-0.4, -0.2) is 15.6 Å². The van der Waals surface area contributed by atoms with E-state index < -0.39 is 0 Å². The van der Waals surface area contributed by atoms with Crippen LogP contribution in [0.2, 0.25) is 0 Å². The Balaban J connectivity index is 1.36. The van der Waals surface area contributed by atoms with Gasteiger partial charge in [0, 0.05) is 24.3 Å². The maximum atomic E-state index is 12.9. The summed E-state index contributed by atoms with van der Waals surface area (Å²) in [5.74, 6) is 0.741. The SMILES string of the molecule is CCn1c(CCc2ccc(NC(=O)Nc3ccc(F)cc3)cc2)nc2ccccc21. The minimum atomic E-state index is -0.369. The Morgan fingerprint density at radius 2 is 1.53 bits per heavy atom. The summed E-state index contributed by atoms with van der Waals surface area (Å²) >= 11 is 0. The van der Waals surface area contributed by atoms with E-state index in [-0.39, 0.29) is 11.8 Å². The smallest absolute Gasteiger partial charge is 0.323 e. The van der Waals surface area contributed by atoms with E-state index in [1.54, 1.807) is 0 Å². The molecule has 0 aliphatic carbocycles. The van der Waals surface area contributed by atoms with Crippen molar-refractivity contribution in [2.45, 2.75) is 26.3 Å². The second-order valence-corrected chi connectivity index (χ2v) is 7.04. The van der Waals surface area contributed by atoms with Crippen LogP contribution in [0.1, 0.15) is 18.3 Å². The molecule has 0 fully saturated rings. The average Bonchev–Trinajstić information content (AvgIpc) is 3.12. The van der Waals surface area contributed by atoms with Gasteiger partial charge in [-0.1, -0.05) is 24.3 Å². The molecular formula is C24H23FN4O. The van der Waals surface area contributed by atoms with Gasteiger partial charge in [-0.05, 0) is 67.4 Å². The van der Waals surface area contributed by atoms with Gasteiger partial charge in [0.2, 0.25) is 0 Å². The second kappa shape index (κ2) is 8.78. The standard InChI is InChI=1S/C24H23FN4O/c1-2-29-22-6-4-3-5-21(22)28-23(29)16-9-17-7-12-19(13-8-17)26-24(30)27-20-14-10-18(25)11-15-20/h3-8,10-15H,2,9,16H2,1H3,(H2,26,27,30). The zero-order chi connectivity index (χ0) is 20.9. The van der Waals surface area contributed by atoms with Gasteiger partial charge in [-0.3, -0.25) is 0 Å². The number of aromatic nitrogens is 2. The van der Waals surface area contributed by atoms with Crippen molar-refractivity contribution in [3.63, 3.8) is 0 Å². The molecule has 152 valence electrons. The van der Waals surface area contributed by atoms with Gasteiger partial charge in [-0.25, -0.2) is 14.2 Å². The third-order valence-electron chi connectivity index (χ3n) is 5.00. The number of nitrogens with one attached hydrogen (secondary N) is 2. The number of nitrogens with zero attached hydrogens (tertiary/aromatic N) is 2. The molecule has 0 atom stereocenters. The fourth-order valence-corrected chi connectivity index (χ4v) is 3.51. The predicted octanol–water partition coefficient (Wildman–Crippen LogP) is 5.62. The van der Waals surface area contributed by atoms with Crippen LogP contribution in [0.25, 0.3) is 11.0 Å². The van der Waals surface area contributed by atoms with Gasteiger partial charge >= 0.3 is 6.03 Å². The van der Waals surface area contributed by atoms with Crippen LogP contribution < -0.4 is 10.6 Å². The zero-order valence-electron chi connectivity index (χ0n) is 16.7. The highest BCUT2D eigenvalue weighted by atomic mass is 19.1. The van der Waals surface area contributed by atoms with E-state index in [1.807, 2.05) is 42.5 Å². The molecule has 30 heavy (non-hydrogen) atoms. The lowest BCUT2D eigenvalue weighted by atomic mass is 10.1. The van der Waals surface area contributed by atoms with E-state index in [4.69, 9.17) is 4.98 Å². The number of urea groups is 1. The number of fused-ring (bicyclic) bond motifs is 1. The topological polar surface area (TPSA) is 59.0 Å². The Labute approximate surface area is 174 Å². The van der Waals surface area contributed by atoms with E-state index in [0.717, 1.165) is 30.7 Å². The van der Waals surface area contributed by atoms with Crippen molar-refractivity contribution in [3.05, 3.63) is 90.0 Å². The fourth-order valence-electron chi connectivity index (χ4n) is 3.51. The Bertz CT molecular complexity index is 1150. The zero-order valence-corrected chi connectivity index (χ0v) is 16.7. The van der Waals surface area contributed by atoms with Crippen LogP contribution in [0.3, 0.4) is 0 Å². The van der Waals surface area contributed by atoms with Crippen LogP contribution in [0.5, 0.6) is 0 Å². The molecule has 4 rings (SSSR count). The molecule has 0 saturated carbocycles. The van der Waals surface area contributed by atoms with Gasteiger partial charge in [-0.15, -0.1) is 0 Å². The largest absolute Gasteiger partial charge is 0.328 e. The second-order valence-electron chi connectivity index (χ2n) is 7.04. The number of anilines is 2. The first-order chi connectivity index (χ1) is 14.6. The summed E-state index contributed by atoms with van der Waals surface area (Å²) in [7, 11) is 0. The van der Waals surface area contributed by atoms with Crippen molar-refractivity contribution >= 4 is 28.4 Å². The molecule has 0 spiro atoms. The quantitative estimate of drug-likeness (QED) is 0.439. The molecule has 2 amide bonds. The van der Waals surface area contributed by atoms with Gasteiger partial charge in [0.15, 0.2) is 0 Å². The fraction of sp³-hybridized carbons (Fsp3) is 0.167. The van der Waals surface area contributed by atoms with Crippen molar-refractivity contribution in [1.82, 2.24) is 9.55 Å². The van der Waals surface area contributed by atoms with Gasteiger partial charge in [0.1, 0.15) is 11.6 Å². The number of rotatable bonds is 6. The summed E-state index contributed by atoms with van der Waals surface area (Å²) in [5.41, 5.74) is 4.60. The first kappa shape index (κ1) is 19.6. The van der Waals surface area contributed by atoms with Gasteiger partial charge in [0.05, 0.1) is 11.0 Å². The number of benzene rings is 3. The number of carbonyl (C=O) groups excluding carboxylic acids is 1. The average molecular weight is 402 g/mol. The molecule has 5 nitrogen and oxygen atoms in total. The van der Waals surface area contributed by atoms with Crippen molar-refractivity contribution in [1.29, 1.82) is 0 Å². The van der Waals surface area contributed by atoms with Crippen LogP contribution in [0.4, 0.5) is 20.6 Å². The summed E-state index contributed by atoms with van der Waals surface area (Å²) in [6.45, 7) is 3.02. The van der Waals surface area contributed by atoms with Gasteiger partial charge < -0.3 is 15.2 Å². The van der Waals surface area contributed by atoms with E-state index >= 15 is 0 Å². The predicted molar refractivity (Wildman–Crippen MR) is 118 cm³/mol. The third-order valence-corrected chi connectivity index (χ3v) is 5.00. The number of halogens is 1. The van der Waals surface area contributed by atoms with Crippen LogP contribution in [-0.2, 0) is 19.4 Å². The first-order valence-corrected chi connectivity index (χ1v) is 9.99. The molecule has 0 aliphatic rings. The highest BCUT2D eigenvalue weighted by Crippen LogP contribution is 2.18. The van der Waals surface area contributed by atoms with E-state index in [0.29, 0.717) is 11.4 Å². The Morgan fingerprint density at radius 1 is 0.900 bits per heavy atom. The Morgan fingerprint density at radius 3 is 2.20 bits per heavy atom. The molecule has 6 heteroatoms. The van der Waals surface area contributed by atoms with Crippen molar-refractivity contribution in [2.24, 2.45) is 0 Å². The molecule has 3 aromatic carbocycles. The van der Waals surface area contributed by atoms with Gasteiger partial charge in [0.25, 0.3) is 0 Å². The molecule has 0 bridgehead atoms. The molecule has 0 aliphatic heterocycles. The lowest BCUT2D eigenvalue weighted by molar-refractivity contribution is 0.262. The summed E-state index contributed by atoms with van der Waals surface area (Å²) in [6, 6.07) is 21.2. The summed E-state index contributed by atoms with van der Waals surface area (Å²) in [4.78, 5) is 16.9. The number of imidazole rings is 1. The van der Waals surface area contributed by atoms with E-state index in [2.05, 4.69) is 28.2 Å². The highest BCUT2D eigenvalue weighted by Gasteiger charge is 2.09. The van der Waals surface area contributed by atoms with Gasteiger partial charge in [-0.2, -0.15) is 0 Å². The number of hydrogen-bond donors (Lipinski definition) is 2. The number of aryl methyl sites for hydroxylation is 3. The lowest BCUT2D eigenvalue weighted by Gasteiger charge is -2.09. The summed E-state index contributed by atoms with van der Waals surface area (Å²) in [6.07, 6.45) is 1.71. The Hall–Kier alpha value is -3.67. The maximum absolute atomic E-state index is 12.9. The van der Waals surface area contributed by atoms with Crippen LogP contribution in [0, 0.1) is 5.82 Å². The normalized spacial score (nSPS) is 10.9. The monoisotopic (exact) mass is 402 g/mol. The maximum Gasteiger partial charge on any atom is 0.323 e. The molecule has 0 unspecified atom stereocenters. The Kier molecular flexibility index (Phi) is 5.75. The van der Waals surface area contributed by atoms with E-state index in [9.17, 15) is 9.18 Å². The minimum Gasteiger partial charge on any atom is -0.328 e. The van der Waals surface area contributed by atoms with Crippen molar-refractivity contribution in [2.75, 3.05) is 10.6 Å². The summed E-state index contributed by atoms with van der Waals surface area (Å²) < 4.78 is 15.2. The molecular weight excluding hydrogens is 379 g/mol. The lowest BCUT2D eigenvalue weighted by Crippen LogP contribution is -2.19. The van der Waals surface area contributed by atoms with Crippen molar-refractivity contribution in [3.8, 4) is 0 Å². The van der Waals surface area contributed by atoms with Crippen LogP contribution >= 0.6 is 0 Å². The van der Waals surface area contributed by atoms with Crippen molar-refractivity contribution < 1.29 is 9.18 Å². The summed E-state index contributed by atoms with van der Waals surface area (Å²) in [5, 5.41) is 5.46. The minimum absolute atomic E-state index is 0.342. The highest BCUT2D eigenvalue weighted by molar-refractivity contribution is 5.99. The first-order valence-electron chi connectivity index (χ1n) is 9.99. The molecule has 4 aromatic rings. The third kappa shape index (κ3) is 4.49. The van der Waals surface area contributed by atoms with E-state index in [1.165, 1.54) is 35.3 Å². The molecule has 1 heterocycles. The number of amides is 2. The molecule has 0 saturated heterocycles.